The van der Waals surface area contributed by atoms with Crippen LogP contribution >= 0.6 is 0 Å². The molecule has 1 atom stereocenters. The minimum Gasteiger partial charge on any atom is -0.393 e. The van der Waals surface area contributed by atoms with E-state index in [9.17, 15) is 9.90 Å². The average molecular weight is 257 g/mol. The van der Waals surface area contributed by atoms with Gasteiger partial charge in [0, 0.05) is 13.1 Å². The number of ether oxygens (including phenoxy) is 1. The SMILES string of the molecule is C[C@@](O)(CO)C(=O)N1CCOC2(CCCCC2)C1. The molecule has 0 aromatic heterocycles. The highest BCUT2D eigenvalue weighted by molar-refractivity contribution is 5.84. The summed E-state index contributed by atoms with van der Waals surface area (Å²) in [7, 11) is 0. The van der Waals surface area contributed by atoms with Crippen molar-refractivity contribution < 1.29 is 19.7 Å². The van der Waals surface area contributed by atoms with E-state index in [2.05, 4.69) is 0 Å². The third kappa shape index (κ3) is 2.68. The first-order valence-corrected chi connectivity index (χ1v) is 6.76. The number of hydrogen-bond donors (Lipinski definition) is 2. The maximum absolute atomic E-state index is 12.1. The standard InChI is InChI=1S/C13H23NO4/c1-12(17,10-15)11(16)14-7-8-18-13(9-14)5-3-2-4-6-13/h15,17H,2-10H2,1H3/t12-/m1/s1. The molecule has 0 aromatic carbocycles. The van der Waals surface area contributed by atoms with Crippen molar-refractivity contribution in [2.24, 2.45) is 0 Å². The molecule has 104 valence electrons. The molecule has 1 aliphatic heterocycles. The van der Waals surface area contributed by atoms with E-state index >= 15 is 0 Å². The number of rotatable bonds is 2. The van der Waals surface area contributed by atoms with Crippen LogP contribution in [0.3, 0.4) is 0 Å². The van der Waals surface area contributed by atoms with Crippen LogP contribution in [0, 0.1) is 0 Å². The second-order valence-electron chi connectivity index (χ2n) is 5.75. The van der Waals surface area contributed by atoms with Crippen molar-refractivity contribution in [1.82, 2.24) is 4.90 Å². The summed E-state index contributed by atoms with van der Waals surface area (Å²) in [4.78, 5) is 13.8. The Kier molecular flexibility index (Phi) is 3.94. The van der Waals surface area contributed by atoms with E-state index in [4.69, 9.17) is 9.84 Å². The van der Waals surface area contributed by atoms with E-state index in [1.807, 2.05) is 0 Å². The Labute approximate surface area is 108 Å². The summed E-state index contributed by atoms with van der Waals surface area (Å²) in [5, 5.41) is 18.9. The van der Waals surface area contributed by atoms with Crippen molar-refractivity contribution in [2.75, 3.05) is 26.3 Å². The second-order valence-corrected chi connectivity index (χ2v) is 5.75. The number of morpholine rings is 1. The lowest BCUT2D eigenvalue weighted by molar-refractivity contribution is -0.173. The molecular weight excluding hydrogens is 234 g/mol. The van der Waals surface area contributed by atoms with Crippen LogP contribution < -0.4 is 0 Å². The van der Waals surface area contributed by atoms with Gasteiger partial charge in [-0.15, -0.1) is 0 Å². The lowest BCUT2D eigenvalue weighted by Crippen LogP contribution is -2.59. The van der Waals surface area contributed by atoms with Crippen molar-refractivity contribution in [2.45, 2.75) is 50.2 Å². The molecule has 0 aromatic rings. The van der Waals surface area contributed by atoms with Crippen molar-refractivity contribution in [1.29, 1.82) is 0 Å². The highest BCUT2D eigenvalue weighted by Crippen LogP contribution is 2.34. The van der Waals surface area contributed by atoms with E-state index in [1.54, 1.807) is 4.90 Å². The number of aliphatic hydroxyl groups is 2. The summed E-state index contributed by atoms with van der Waals surface area (Å²) >= 11 is 0. The molecule has 2 rings (SSSR count). The lowest BCUT2D eigenvalue weighted by atomic mass is 9.83. The summed E-state index contributed by atoms with van der Waals surface area (Å²) < 4.78 is 5.90. The van der Waals surface area contributed by atoms with Gasteiger partial charge >= 0.3 is 0 Å². The van der Waals surface area contributed by atoms with Gasteiger partial charge in [-0.1, -0.05) is 19.3 Å². The molecule has 5 heteroatoms. The van der Waals surface area contributed by atoms with Gasteiger partial charge in [-0.25, -0.2) is 0 Å². The van der Waals surface area contributed by atoms with Crippen LogP contribution in [0.15, 0.2) is 0 Å². The van der Waals surface area contributed by atoms with Crippen LogP contribution in [-0.2, 0) is 9.53 Å². The highest BCUT2D eigenvalue weighted by Gasteiger charge is 2.42. The molecule has 5 nitrogen and oxygen atoms in total. The monoisotopic (exact) mass is 257 g/mol. The van der Waals surface area contributed by atoms with Gasteiger partial charge in [0.2, 0.25) is 0 Å². The molecule has 18 heavy (non-hydrogen) atoms. The molecule has 2 fully saturated rings. The van der Waals surface area contributed by atoms with E-state index in [-0.39, 0.29) is 5.60 Å². The van der Waals surface area contributed by atoms with Crippen LogP contribution in [0.4, 0.5) is 0 Å². The van der Waals surface area contributed by atoms with Gasteiger partial charge in [-0.3, -0.25) is 4.79 Å². The molecule has 1 spiro atoms. The summed E-state index contributed by atoms with van der Waals surface area (Å²) in [5.74, 6) is -0.391. The normalized spacial score (nSPS) is 26.9. The number of hydrogen-bond acceptors (Lipinski definition) is 4. The van der Waals surface area contributed by atoms with Crippen LogP contribution in [0.1, 0.15) is 39.0 Å². The Hall–Kier alpha value is -0.650. The number of carbonyl (C=O) groups is 1. The highest BCUT2D eigenvalue weighted by atomic mass is 16.5. The molecule has 2 aliphatic rings. The number of nitrogens with zero attached hydrogens (tertiary/aromatic N) is 1. The predicted octanol–water partition coefficient (Wildman–Crippen LogP) is 0.291. The Morgan fingerprint density at radius 2 is 2.06 bits per heavy atom. The minimum absolute atomic E-state index is 0.211. The zero-order valence-electron chi connectivity index (χ0n) is 11.0. The Morgan fingerprint density at radius 3 is 2.67 bits per heavy atom. The molecule has 2 N–H and O–H groups in total. The van der Waals surface area contributed by atoms with Gasteiger partial charge in [0.1, 0.15) is 0 Å². The fourth-order valence-corrected chi connectivity index (χ4v) is 2.93. The minimum atomic E-state index is -1.67. The van der Waals surface area contributed by atoms with Crippen molar-refractivity contribution in [3.05, 3.63) is 0 Å². The molecule has 0 unspecified atom stereocenters. The van der Waals surface area contributed by atoms with Gasteiger partial charge in [0.25, 0.3) is 5.91 Å². The average Bonchev–Trinajstić information content (AvgIpc) is 2.39. The number of aliphatic hydroxyl groups excluding tert-OH is 1. The van der Waals surface area contributed by atoms with Crippen LogP contribution in [0.2, 0.25) is 0 Å². The quantitative estimate of drug-likeness (QED) is 0.746. The van der Waals surface area contributed by atoms with Crippen LogP contribution in [0.25, 0.3) is 0 Å². The molecule has 0 radical (unpaired) electrons. The van der Waals surface area contributed by atoms with Crippen LogP contribution in [0.5, 0.6) is 0 Å². The maximum atomic E-state index is 12.1. The van der Waals surface area contributed by atoms with Crippen molar-refractivity contribution in [3.63, 3.8) is 0 Å². The largest absolute Gasteiger partial charge is 0.393 e. The zero-order chi connectivity index (χ0) is 13.2. The van der Waals surface area contributed by atoms with Gasteiger partial charge in [-0.05, 0) is 19.8 Å². The Balaban J connectivity index is 2.04. The van der Waals surface area contributed by atoms with E-state index < -0.39 is 18.1 Å². The molecule has 1 aliphatic carbocycles. The van der Waals surface area contributed by atoms with Gasteiger partial charge in [0.05, 0.1) is 18.8 Å². The third-order valence-corrected chi connectivity index (χ3v) is 4.07. The summed E-state index contributed by atoms with van der Waals surface area (Å²) in [5.41, 5.74) is -1.88. The number of amides is 1. The van der Waals surface area contributed by atoms with E-state index in [0.717, 1.165) is 25.7 Å². The van der Waals surface area contributed by atoms with Crippen LogP contribution in [-0.4, -0.2) is 58.5 Å². The first kappa shape index (κ1) is 13.8. The zero-order valence-corrected chi connectivity index (χ0v) is 11.0. The molecule has 1 amide bonds. The molecule has 0 bridgehead atoms. The number of carbonyl (C=O) groups excluding carboxylic acids is 1. The fourth-order valence-electron chi connectivity index (χ4n) is 2.93. The third-order valence-electron chi connectivity index (χ3n) is 4.07. The molecule has 1 saturated heterocycles. The summed E-state index contributed by atoms with van der Waals surface area (Å²) in [6.45, 7) is 2.38. The van der Waals surface area contributed by atoms with Gasteiger partial charge in [-0.2, -0.15) is 0 Å². The lowest BCUT2D eigenvalue weighted by Gasteiger charge is -2.46. The van der Waals surface area contributed by atoms with Gasteiger partial charge in [0.15, 0.2) is 5.60 Å². The van der Waals surface area contributed by atoms with Gasteiger partial charge < -0.3 is 19.8 Å². The van der Waals surface area contributed by atoms with E-state index in [1.165, 1.54) is 13.3 Å². The van der Waals surface area contributed by atoms with Crippen molar-refractivity contribution in [3.8, 4) is 0 Å². The Morgan fingerprint density at radius 1 is 1.39 bits per heavy atom. The maximum Gasteiger partial charge on any atom is 0.256 e. The van der Waals surface area contributed by atoms with Crippen molar-refractivity contribution >= 4 is 5.91 Å². The second kappa shape index (κ2) is 5.15. The predicted molar refractivity (Wildman–Crippen MR) is 66.1 cm³/mol. The Bertz CT molecular complexity index is 305. The topological polar surface area (TPSA) is 70.0 Å². The summed E-state index contributed by atoms with van der Waals surface area (Å²) in [6.07, 6.45) is 5.47. The first-order valence-electron chi connectivity index (χ1n) is 6.76. The molecule has 1 saturated carbocycles. The fraction of sp³-hybridized carbons (Fsp3) is 0.923. The smallest absolute Gasteiger partial charge is 0.256 e. The molecule has 1 heterocycles. The molecular formula is C13H23NO4. The van der Waals surface area contributed by atoms with E-state index in [0.29, 0.717) is 19.7 Å². The first-order chi connectivity index (χ1) is 8.49. The summed E-state index contributed by atoms with van der Waals surface area (Å²) in [6, 6.07) is 0.